The Bertz CT molecular complexity index is 545. The fraction of sp³-hybridized carbons (Fsp3) is 0.533. The summed E-state index contributed by atoms with van der Waals surface area (Å²) in [6.07, 6.45) is 5.64. The van der Waals surface area contributed by atoms with E-state index in [2.05, 4.69) is 23.1 Å². The second kappa shape index (κ2) is 7.33. The maximum absolute atomic E-state index is 12.1. The molecule has 0 aliphatic carbocycles. The summed E-state index contributed by atoms with van der Waals surface area (Å²) >= 11 is 1.68. The van der Waals surface area contributed by atoms with E-state index < -0.39 is 0 Å². The summed E-state index contributed by atoms with van der Waals surface area (Å²) in [6.45, 7) is 2.18. The molecule has 0 fully saturated rings. The number of carbonyl (C=O) groups is 1. The molecule has 0 spiro atoms. The molecule has 0 atom stereocenters. The van der Waals surface area contributed by atoms with Crippen molar-refractivity contribution in [3.63, 3.8) is 0 Å². The molecular weight excluding hydrogens is 270 g/mol. The number of thiophene rings is 1. The van der Waals surface area contributed by atoms with Crippen LogP contribution in [0.2, 0.25) is 0 Å². The summed E-state index contributed by atoms with van der Waals surface area (Å²) in [5.74, 6) is 1.32. The average molecular weight is 291 g/mol. The maximum Gasteiger partial charge on any atom is 0.217 e. The highest BCUT2D eigenvalue weighted by Crippen LogP contribution is 2.13. The molecular formula is C15H21N3OS. The molecule has 2 rings (SSSR count). The molecule has 0 aliphatic heterocycles. The second-order valence-electron chi connectivity index (χ2n) is 4.93. The molecule has 2 aromatic rings. The quantitative estimate of drug-likeness (QED) is 0.553. The van der Waals surface area contributed by atoms with E-state index in [-0.39, 0.29) is 5.78 Å². The zero-order valence-electron chi connectivity index (χ0n) is 12.1. The lowest BCUT2D eigenvalue weighted by Crippen LogP contribution is -2.04. The number of hydrogen-bond donors (Lipinski definition) is 0. The second-order valence-corrected chi connectivity index (χ2v) is 5.97. The van der Waals surface area contributed by atoms with Crippen LogP contribution in [0.15, 0.2) is 17.5 Å². The van der Waals surface area contributed by atoms with E-state index in [1.165, 1.54) is 17.7 Å². The van der Waals surface area contributed by atoms with Crippen LogP contribution in [0.5, 0.6) is 0 Å². The fourth-order valence-corrected chi connectivity index (χ4v) is 2.80. The van der Waals surface area contributed by atoms with E-state index in [1.807, 2.05) is 18.5 Å². The van der Waals surface area contributed by atoms with Gasteiger partial charge in [-0.25, -0.2) is 4.98 Å². The first kappa shape index (κ1) is 14.9. The van der Waals surface area contributed by atoms with Gasteiger partial charge in [0.15, 0.2) is 0 Å². The van der Waals surface area contributed by atoms with Gasteiger partial charge >= 0.3 is 0 Å². The van der Waals surface area contributed by atoms with Crippen molar-refractivity contribution in [3.8, 4) is 0 Å². The van der Waals surface area contributed by atoms with Crippen molar-refractivity contribution in [2.45, 2.75) is 45.4 Å². The SMILES string of the molecule is CCCCCc1nc(C(=O)CCc2cccs2)nn1C. The van der Waals surface area contributed by atoms with Gasteiger partial charge in [0.25, 0.3) is 0 Å². The molecule has 2 aromatic heterocycles. The molecule has 2 heterocycles. The van der Waals surface area contributed by atoms with Crippen LogP contribution in [0.4, 0.5) is 0 Å². The number of rotatable bonds is 8. The van der Waals surface area contributed by atoms with Crippen LogP contribution in [-0.4, -0.2) is 20.5 Å². The zero-order chi connectivity index (χ0) is 14.4. The minimum Gasteiger partial charge on any atom is -0.291 e. The van der Waals surface area contributed by atoms with Crippen molar-refractivity contribution in [1.29, 1.82) is 0 Å². The predicted octanol–water partition coefficient (Wildman–Crippen LogP) is 3.42. The standard InChI is InChI=1S/C15H21N3OS/c1-3-4-5-8-14-16-15(17-18(14)2)13(19)10-9-12-7-6-11-20-12/h6-7,11H,3-5,8-10H2,1-2H3. The monoisotopic (exact) mass is 291 g/mol. The van der Waals surface area contributed by atoms with E-state index in [9.17, 15) is 4.79 Å². The Hall–Kier alpha value is -1.49. The van der Waals surface area contributed by atoms with E-state index >= 15 is 0 Å². The molecule has 0 aliphatic rings. The summed E-state index contributed by atoms with van der Waals surface area (Å²) in [7, 11) is 1.87. The van der Waals surface area contributed by atoms with E-state index in [4.69, 9.17) is 0 Å². The van der Waals surface area contributed by atoms with Crippen LogP contribution in [0, 0.1) is 0 Å². The van der Waals surface area contributed by atoms with Crippen molar-refractivity contribution in [2.75, 3.05) is 0 Å². The lowest BCUT2D eigenvalue weighted by molar-refractivity contribution is 0.0973. The van der Waals surface area contributed by atoms with E-state index in [1.54, 1.807) is 16.0 Å². The highest BCUT2D eigenvalue weighted by atomic mass is 32.1. The summed E-state index contributed by atoms with van der Waals surface area (Å²) in [5.41, 5.74) is 0. The van der Waals surface area contributed by atoms with E-state index in [0.29, 0.717) is 12.2 Å². The molecule has 0 N–H and O–H groups in total. The third-order valence-corrected chi connectivity index (χ3v) is 4.22. The van der Waals surface area contributed by atoms with Crippen LogP contribution in [0.3, 0.4) is 0 Å². The van der Waals surface area contributed by atoms with Gasteiger partial charge in [0.05, 0.1) is 0 Å². The summed E-state index contributed by atoms with van der Waals surface area (Å²) in [6, 6.07) is 4.06. The maximum atomic E-state index is 12.1. The average Bonchev–Trinajstić information content (AvgIpc) is 3.07. The van der Waals surface area contributed by atoms with Crippen molar-refractivity contribution in [3.05, 3.63) is 34.0 Å². The molecule has 108 valence electrons. The molecule has 0 saturated carbocycles. The molecule has 0 bridgehead atoms. The number of hydrogen-bond acceptors (Lipinski definition) is 4. The fourth-order valence-electron chi connectivity index (χ4n) is 2.09. The number of aromatic nitrogens is 3. The number of aryl methyl sites for hydroxylation is 3. The van der Waals surface area contributed by atoms with Gasteiger partial charge in [0, 0.05) is 24.8 Å². The smallest absolute Gasteiger partial charge is 0.217 e. The van der Waals surface area contributed by atoms with Crippen LogP contribution in [-0.2, 0) is 19.9 Å². The van der Waals surface area contributed by atoms with Gasteiger partial charge < -0.3 is 0 Å². The third kappa shape index (κ3) is 4.00. The first-order chi connectivity index (χ1) is 9.70. The van der Waals surface area contributed by atoms with Crippen molar-refractivity contribution in [1.82, 2.24) is 14.8 Å². The van der Waals surface area contributed by atoms with Crippen LogP contribution < -0.4 is 0 Å². The van der Waals surface area contributed by atoms with Gasteiger partial charge in [-0.3, -0.25) is 9.48 Å². The van der Waals surface area contributed by atoms with Crippen molar-refractivity contribution in [2.24, 2.45) is 7.05 Å². The summed E-state index contributed by atoms with van der Waals surface area (Å²) in [5, 5.41) is 6.28. The molecule has 0 aromatic carbocycles. The highest BCUT2D eigenvalue weighted by molar-refractivity contribution is 7.09. The Morgan fingerprint density at radius 1 is 1.35 bits per heavy atom. The Balaban J connectivity index is 1.91. The van der Waals surface area contributed by atoms with Gasteiger partial charge in [0.1, 0.15) is 5.82 Å². The summed E-state index contributed by atoms with van der Waals surface area (Å²) in [4.78, 5) is 17.7. The Kier molecular flexibility index (Phi) is 5.47. The first-order valence-corrected chi connectivity index (χ1v) is 8.04. The first-order valence-electron chi connectivity index (χ1n) is 7.16. The topological polar surface area (TPSA) is 47.8 Å². The van der Waals surface area contributed by atoms with Gasteiger partial charge in [-0.2, -0.15) is 0 Å². The molecule has 5 heteroatoms. The number of nitrogens with zero attached hydrogens (tertiary/aromatic N) is 3. The zero-order valence-corrected chi connectivity index (χ0v) is 12.9. The largest absolute Gasteiger partial charge is 0.291 e. The molecule has 0 amide bonds. The predicted molar refractivity (Wildman–Crippen MR) is 81.2 cm³/mol. The molecule has 0 radical (unpaired) electrons. The van der Waals surface area contributed by atoms with Crippen molar-refractivity contribution < 1.29 is 4.79 Å². The molecule has 20 heavy (non-hydrogen) atoms. The van der Waals surface area contributed by atoms with Gasteiger partial charge in [-0.05, 0) is 24.3 Å². The Morgan fingerprint density at radius 2 is 2.20 bits per heavy atom. The highest BCUT2D eigenvalue weighted by Gasteiger charge is 2.14. The normalized spacial score (nSPS) is 10.9. The molecule has 0 saturated heterocycles. The third-order valence-electron chi connectivity index (χ3n) is 3.29. The van der Waals surface area contributed by atoms with Crippen LogP contribution >= 0.6 is 11.3 Å². The molecule has 4 nitrogen and oxygen atoms in total. The lowest BCUT2D eigenvalue weighted by Gasteiger charge is -1.97. The number of carbonyl (C=O) groups excluding carboxylic acids is 1. The number of Topliss-reactive ketones (excluding diaryl/α,β-unsaturated/α-hetero) is 1. The molecule has 0 unspecified atom stereocenters. The van der Waals surface area contributed by atoms with Crippen molar-refractivity contribution >= 4 is 17.1 Å². The number of ketones is 1. The van der Waals surface area contributed by atoms with Crippen LogP contribution in [0.1, 0.15) is 53.9 Å². The Morgan fingerprint density at radius 3 is 2.90 bits per heavy atom. The van der Waals surface area contributed by atoms with Gasteiger partial charge in [-0.1, -0.05) is 25.8 Å². The Labute approximate surface area is 123 Å². The van der Waals surface area contributed by atoms with Crippen LogP contribution in [0.25, 0.3) is 0 Å². The minimum atomic E-state index is 0.0377. The lowest BCUT2D eigenvalue weighted by atomic mass is 10.2. The summed E-state index contributed by atoms with van der Waals surface area (Å²) < 4.78 is 1.74. The number of unbranched alkanes of at least 4 members (excludes halogenated alkanes) is 2. The van der Waals surface area contributed by atoms with Gasteiger partial charge in [0.2, 0.25) is 11.6 Å². The minimum absolute atomic E-state index is 0.0377. The van der Waals surface area contributed by atoms with E-state index in [0.717, 1.165) is 25.1 Å². The van der Waals surface area contributed by atoms with Gasteiger partial charge in [-0.15, -0.1) is 16.4 Å².